The van der Waals surface area contributed by atoms with Crippen molar-refractivity contribution in [2.24, 2.45) is 0 Å². The summed E-state index contributed by atoms with van der Waals surface area (Å²) in [6.45, 7) is 0. The van der Waals surface area contributed by atoms with Crippen LogP contribution in [0.4, 0.5) is 8.78 Å². The van der Waals surface area contributed by atoms with Gasteiger partial charge in [-0.1, -0.05) is 12.1 Å². The number of rotatable bonds is 1. The molecule has 0 aliphatic rings. The number of nitrogens with zero attached hydrogens (tertiary/aromatic N) is 1. The molecule has 1 rings (SSSR count). The molecule has 1 aromatic carbocycles. The third kappa shape index (κ3) is 1.74. The number of nitriles is 1. The Kier molecular flexibility index (Phi) is 2.17. The number of halogens is 2. The van der Waals surface area contributed by atoms with Gasteiger partial charge < -0.3 is 0 Å². The molecule has 0 unspecified atom stereocenters. The summed E-state index contributed by atoms with van der Waals surface area (Å²) in [4.78, 5) is 0. The Labute approximate surface area is 62.9 Å². The number of benzene rings is 1. The Morgan fingerprint density at radius 2 is 1.82 bits per heavy atom. The molecule has 11 heavy (non-hydrogen) atoms. The smallest absolute Gasteiger partial charge is 0.211 e. The lowest BCUT2D eigenvalue weighted by Gasteiger charge is -1.97. The van der Waals surface area contributed by atoms with Gasteiger partial charge in [-0.05, 0) is 12.1 Å². The predicted octanol–water partition coefficient (Wildman–Crippen LogP) is 2.36. The zero-order valence-corrected chi connectivity index (χ0v) is 5.59. The van der Waals surface area contributed by atoms with E-state index < -0.39 is 12.0 Å². The molecular formula is C8H5F2N. The maximum atomic E-state index is 12.5. The zero-order valence-electron chi connectivity index (χ0n) is 5.59. The highest BCUT2D eigenvalue weighted by Gasteiger charge is 2.06. The van der Waals surface area contributed by atoms with E-state index in [-0.39, 0.29) is 5.56 Å². The van der Waals surface area contributed by atoms with Crippen molar-refractivity contribution < 1.29 is 8.78 Å². The van der Waals surface area contributed by atoms with E-state index >= 15 is 0 Å². The van der Waals surface area contributed by atoms with Gasteiger partial charge in [-0.25, -0.2) is 8.78 Å². The van der Waals surface area contributed by atoms with Crippen LogP contribution in [-0.4, -0.2) is 0 Å². The van der Waals surface area contributed by atoms with Crippen LogP contribution in [0.5, 0.6) is 0 Å². The Morgan fingerprint density at radius 1 is 1.27 bits per heavy atom. The van der Waals surface area contributed by atoms with E-state index in [4.69, 9.17) is 5.26 Å². The molecule has 3 heteroatoms. The van der Waals surface area contributed by atoms with Crippen molar-refractivity contribution in [2.75, 3.05) is 0 Å². The highest BCUT2D eigenvalue weighted by molar-refractivity contribution is 5.22. The van der Waals surface area contributed by atoms with E-state index in [9.17, 15) is 8.78 Å². The summed E-state index contributed by atoms with van der Waals surface area (Å²) in [6, 6.07) is 6.17. The van der Waals surface area contributed by atoms with Crippen LogP contribution in [-0.2, 0) is 0 Å². The van der Waals surface area contributed by atoms with E-state index in [1.165, 1.54) is 18.2 Å². The molecule has 1 aromatic rings. The summed E-state index contributed by atoms with van der Waals surface area (Å²) >= 11 is 0. The number of alkyl halides is 1. The molecule has 1 nitrogen and oxygen atoms in total. The maximum absolute atomic E-state index is 12.5. The minimum atomic E-state index is -1.66. The van der Waals surface area contributed by atoms with E-state index in [1.807, 2.05) is 0 Å². The average Bonchev–Trinajstić information content (AvgIpc) is 2.05. The summed E-state index contributed by atoms with van der Waals surface area (Å²) < 4.78 is 24.8. The molecule has 0 bridgehead atoms. The maximum Gasteiger partial charge on any atom is 0.211 e. The van der Waals surface area contributed by atoms with Crippen LogP contribution in [0.3, 0.4) is 0 Å². The molecule has 0 aliphatic carbocycles. The van der Waals surface area contributed by atoms with Gasteiger partial charge in [-0.15, -0.1) is 0 Å². The molecule has 0 heterocycles. The first kappa shape index (κ1) is 7.67. The molecule has 0 aliphatic heterocycles. The number of hydrogen-bond donors (Lipinski definition) is 0. The Bertz CT molecular complexity index is 273. The standard InChI is InChI=1S/C8H5F2N/c9-7-3-1-6(2-4-7)8(10)5-11/h1-4,8H/t8-/m0/s1. The summed E-state index contributed by atoms with van der Waals surface area (Å²) in [5.41, 5.74) is 0.189. The largest absolute Gasteiger partial charge is 0.226 e. The van der Waals surface area contributed by atoms with Crippen LogP contribution in [0.15, 0.2) is 24.3 Å². The van der Waals surface area contributed by atoms with Crippen molar-refractivity contribution in [1.82, 2.24) is 0 Å². The van der Waals surface area contributed by atoms with Gasteiger partial charge in [-0.2, -0.15) is 5.26 Å². The van der Waals surface area contributed by atoms with Crippen molar-refractivity contribution in [1.29, 1.82) is 5.26 Å². The minimum Gasteiger partial charge on any atom is -0.226 e. The average molecular weight is 153 g/mol. The van der Waals surface area contributed by atoms with Gasteiger partial charge in [0.15, 0.2) is 0 Å². The van der Waals surface area contributed by atoms with Crippen molar-refractivity contribution >= 4 is 0 Å². The van der Waals surface area contributed by atoms with Crippen molar-refractivity contribution in [3.05, 3.63) is 35.6 Å². The molecule has 0 amide bonds. The molecule has 1 atom stereocenters. The monoisotopic (exact) mass is 153 g/mol. The molecule has 0 aromatic heterocycles. The second-order valence-electron chi connectivity index (χ2n) is 2.04. The van der Waals surface area contributed by atoms with Crippen LogP contribution in [0.2, 0.25) is 0 Å². The Balaban J connectivity index is 2.92. The van der Waals surface area contributed by atoms with Crippen molar-refractivity contribution in [3.63, 3.8) is 0 Å². The van der Waals surface area contributed by atoms with Crippen molar-refractivity contribution in [2.45, 2.75) is 6.17 Å². The quantitative estimate of drug-likeness (QED) is 0.607. The molecule has 0 saturated carbocycles. The van der Waals surface area contributed by atoms with E-state index in [0.717, 1.165) is 12.1 Å². The van der Waals surface area contributed by atoms with Crippen LogP contribution < -0.4 is 0 Å². The first-order valence-corrected chi connectivity index (χ1v) is 3.03. The first-order chi connectivity index (χ1) is 5.24. The summed E-state index contributed by atoms with van der Waals surface area (Å²) in [5.74, 6) is -0.432. The molecule has 0 saturated heterocycles. The van der Waals surface area contributed by atoms with Gasteiger partial charge >= 0.3 is 0 Å². The predicted molar refractivity (Wildman–Crippen MR) is 35.9 cm³/mol. The fraction of sp³-hybridized carbons (Fsp3) is 0.125. The van der Waals surface area contributed by atoms with E-state index in [1.54, 1.807) is 0 Å². The second kappa shape index (κ2) is 3.11. The minimum absolute atomic E-state index is 0.189. The molecule has 56 valence electrons. The lowest BCUT2D eigenvalue weighted by molar-refractivity contribution is 0.423. The Morgan fingerprint density at radius 3 is 2.27 bits per heavy atom. The fourth-order valence-corrected chi connectivity index (χ4v) is 0.706. The van der Waals surface area contributed by atoms with Gasteiger partial charge in [0.2, 0.25) is 6.17 Å². The topological polar surface area (TPSA) is 23.8 Å². The van der Waals surface area contributed by atoms with Gasteiger partial charge in [-0.3, -0.25) is 0 Å². The molecular weight excluding hydrogens is 148 g/mol. The van der Waals surface area contributed by atoms with Gasteiger partial charge in [0.25, 0.3) is 0 Å². The SMILES string of the molecule is N#C[C@H](F)c1ccc(F)cc1. The molecule has 0 N–H and O–H groups in total. The van der Waals surface area contributed by atoms with E-state index in [2.05, 4.69) is 0 Å². The lowest BCUT2D eigenvalue weighted by Crippen LogP contribution is -1.86. The first-order valence-electron chi connectivity index (χ1n) is 3.03. The molecule has 0 radical (unpaired) electrons. The summed E-state index contributed by atoms with van der Waals surface area (Å²) in [5, 5.41) is 8.14. The highest BCUT2D eigenvalue weighted by atomic mass is 19.1. The van der Waals surface area contributed by atoms with Gasteiger partial charge in [0.1, 0.15) is 11.9 Å². The van der Waals surface area contributed by atoms with Crippen molar-refractivity contribution in [3.8, 4) is 6.07 Å². The van der Waals surface area contributed by atoms with Crippen LogP contribution >= 0.6 is 0 Å². The fourth-order valence-electron chi connectivity index (χ4n) is 0.706. The van der Waals surface area contributed by atoms with Crippen LogP contribution in [0, 0.1) is 17.1 Å². The van der Waals surface area contributed by atoms with Gasteiger partial charge in [0.05, 0.1) is 0 Å². The summed E-state index contributed by atoms with van der Waals surface area (Å²) in [7, 11) is 0. The summed E-state index contributed by atoms with van der Waals surface area (Å²) in [6.07, 6.45) is -1.66. The van der Waals surface area contributed by atoms with E-state index in [0.29, 0.717) is 0 Å². The third-order valence-corrected chi connectivity index (χ3v) is 1.28. The molecule has 0 spiro atoms. The van der Waals surface area contributed by atoms with Crippen LogP contribution in [0.1, 0.15) is 11.7 Å². The highest BCUT2D eigenvalue weighted by Crippen LogP contribution is 2.15. The van der Waals surface area contributed by atoms with Gasteiger partial charge in [0, 0.05) is 5.56 Å². The number of hydrogen-bond acceptors (Lipinski definition) is 1. The normalized spacial score (nSPS) is 12.1. The van der Waals surface area contributed by atoms with Crippen LogP contribution in [0.25, 0.3) is 0 Å². The third-order valence-electron chi connectivity index (χ3n) is 1.28. The lowest BCUT2D eigenvalue weighted by atomic mass is 10.1. The molecule has 0 fully saturated rings. The Hall–Kier alpha value is -1.43. The second-order valence-corrected chi connectivity index (χ2v) is 2.04. The zero-order chi connectivity index (χ0) is 8.27.